The summed E-state index contributed by atoms with van der Waals surface area (Å²) in [6.45, 7) is 2.11. The predicted octanol–water partition coefficient (Wildman–Crippen LogP) is 3.56. The number of carbonyl (C=O) groups is 1. The van der Waals surface area contributed by atoms with Gasteiger partial charge < -0.3 is 9.84 Å². The van der Waals surface area contributed by atoms with Crippen molar-refractivity contribution in [3.63, 3.8) is 0 Å². The minimum atomic E-state index is 0.101. The molecule has 3 nitrogen and oxygen atoms in total. The molecule has 0 aliphatic carbocycles. The molecule has 0 saturated heterocycles. The molecule has 0 aliphatic rings. The van der Waals surface area contributed by atoms with E-state index in [4.69, 9.17) is 4.74 Å². The van der Waals surface area contributed by atoms with E-state index in [0.29, 0.717) is 12.2 Å². The summed E-state index contributed by atoms with van der Waals surface area (Å²) in [5.41, 5.74) is 0.841. The number of hydrogen-bond acceptors (Lipinski definition) is 3. The van der Waals surface area contributed by atoms with Crippen LogP contribution in [0.1, 0.15) is 38.2 Å². The second-order valence-corrected chi connectivity index (χ2v) is 4.19. The third kappa shape index (κ3) is 4.62. The number of ketones is 1. The Balaban J connectivity index is 2.58. The van der Waals surface area contributed by atoms with Gasteiger partial charge in [0.25, 0.3) is 0 Å². The smallest absolute Gasteiger partial charge is 0.161 e. The number of carbonyl (C=O) groups excluding carboxylic acids is 1. The number of unbranched alkanes of at least 4 members (excludes halogenated alkanes) is 2. The number of allylic oxidation sites excluding steroid dienone is 1. The Labute approximate surface area is 108 Å². The van der Waals surface area contributed by atoms with Crippen LogP contribution in [-0.2, 0) is 4.79 Å². The van der Waals surface area contributed by atoms with Crippen molar-refractivity contribution in [2.75, 3.05) is 7.11 Å². The number of benzene rings is 1. The summed E-state index contributed by atoms with van der Waals surface area (Å²) < 4.78 is 5.00. The van der Waals surface area contributed by atoms with Gasteiger partial charge in [0.15, 0.2) is 17.3 Å². The van der Waals surface area contributed by atoms with Gasteiger partial charge >= 0.3 is 0 Å². The summed E-state index contributed by atoms with van der Waals surface area (Å²) in [6, 6.07) is 5.00. The van der Waals surface area contributed by atoms with E-state index in [1.54, 1.807) is 30.4 Å². The van der Waals surface area contributed by atoms with Crippen molar-refractivity contribution in [1.82, 2.24) is 0 Å². The highest BCUT2D eigenvalue weighted by molar-refractivity contribution is 5.93. The van der Waals surface area contributed by atoms with Crippen LogP contribution in [0.15, 0.2) is 24.3 Å². The Morgan fingerprint density at radius 2 is 2.17 bits per heavy atom. The van der Waals surface area contributed by atoms with Crippen LogP contribution in [0, 0.1) is 0 Å². The van der Waals surface area contributed by atoms with Crippen molar-refractivity contribution in [2.45, 2.75) is 32.6 Å². The van der Waals surface area contributed by atoms with E-state index in [9.17, 15) is 9.90 Å². The van der Waals surface area contributed by atoms with Gasteiger partial charge in [0.05, 0.1) is 7.11 Å². The van der Waals surface area contributed by atoms with E-state index >= 15 is 0 Å². The number of aromatic hydroxyl groups is 1. The molecule has 0 heterocycles. The average molecular weight is 248 g/mol. The Morgan fingerprint density at radius 1 is 1.39 bits per heavy atom. The zero-order valence-electron chi connectivity index (χ0n) is 11.0. The molecule has 1 rings (SSSR count). The van der Waals surface area contributed by atoms with Gasteiger partial charge in [-0.3, -0.25) is 4.79 Å². The average Bonchev–Trinajstić information content (AvgIpc) is 2.38. The maximum absolute atomic E-state index is 11.5. The van der Waals surface area contributed by atoms with Gasteiger partial charge in [0, 0.05) is 6.42 Å². The standard InChI is InChI=1S/C15H20O3/c1-3-4-5-6-13(16)9-7-12-8-10-14(17)15(11-12)18-2/h7-11,17H,3-6H2,1-2H3/b9-7+. The maximum atomic E-state index is 11.5. The first-order chi connectivity index (χ1) is 8.67. The highest BCUT2D eigenvalue weighted by Gasteiger charge is 2.01. The number of hydrogen-bond donors (Lipinski definition) is 1. The van der Waals surface area contributed by atoms with Crippen molar-refractivity contribution >= 4 is 11.9 Å². The molecule has 0 saturated carbocycles. The van der Waals surface area contributed by atoms with Crippen LogP contribution in [0.2, 0.25) is 0 Å². The molecule has 18 heavy (non-hydrogen) atoms. The maximum Gasteiger partial charge on any atom is 0.161 e. The van der Waals surface area contributed by atoms with Crippen LogP contribution < -0.4 is 4.74 Å². The van der Waals surface area contributed by atoms with Gasteiger partial charge in [0.1, 0.15) is 0 Å². The monoisotopic (exact) mass is 248 g/mol. The molecule has 0 fully saturated rings. The number of ether oxygens (including phenoxy) is 1. The molecule has 0 atom stereocenters. The van der Waals surface area contributed by atoms with Crippen molar-refractivity contribution in [2.24, 2.45) is 0 Å². The van der Waals surface area contributed by atoms with Crippen molar-refractivity contribution < 1.29 is 14.6 Å². The summed E-state index contributed by atoms with van der Waals surface area (Å²) in [7, 11) is 1.50. The lowest BCUT2D eigenvalue weighted by atomic mass is 10.1. The van der Waals surface area contributed by atoms with Crippen LogP contribution >= 0.6 is 0 Å². The molecule has 3 heteroatoms. The zero-order valence-corrected chi connectivity index (χ0v) is 11.0. The molecule has 0 unspecified atom stereocenters. The molecule has 1 N–H and O–H groups in total. The molecule has 98 valence electrons. The van der Waals surface area contributed by atoms with E-state index in [0.717, 1.165) is 24.8 Å². The summed E-state index contributed by atoms with van der Waals surface area (Å²) in [4.78, 5) is 11.5. The quantitative estimate of drug-likeness (QED) is 0.592. The SMILES string of the molecule is CCCCCC(=O)/C=C/c1ccc(O)c(OC)c1. The van der Waals surface area contributed by atoms with Gasteiger partial charge in [-0.1, -0.05) is 31.9 Å². The Hall–Kier alpha value is -1.77. The van der Waals surface area contributed by atoms with Gasteiger partial charge in [-0.05, 0) is 30.2 Å². The third-order valence-corrected chi connectivity index (χ3v) is 2.69. The van der Waals surface area contributed by atoms with Gasteiger partial charge in [-0.2, -0.15) is 0 Å². The first-order valence-electron chi connectivity index (χ1n) is 6.25. The normalized spacial score (nSPS) is 10.8. The molecule has 0 bridgehead atoms. The largest absolute Gasteiger partial charge is 0.504 e. The number of methoxy groups -OCH3 is 1. The van der Waals surface area contributed by atoms with E-state index in [1.165, 1.54) is 7.11 Å². The van der Waals surface area contributed by atoms with Crippen LogP contribution in [0.25, 0.3) is 6.08 Å². The fourth-order valence-electron chi connectivity index (χ4n) is 1.62. The molecule has 1 aromatic carbocycles. The van der Waals surface area contributed by atoms with E-state index in [1.807, 2.05) is 0 Å². The van der Waals surface area contributed by atoms with Crippen molar-refractivity contribution in [3.05, 3.63) is 29.8 Å². The van der Waals surface area contributed by atoms with E-state index in [2.05, 4.69) is 6.92 Å². The minimum Gasteiger partial charge on any atom is -0.504 e. The summed E-state index contributed by atoms with van der Waals surface area (Å²) in [6.07, 6.45) is 7.08. The number of phenols is 1. The topological polar surface area (TPSA) is 46.5 Å². The lowest BCUT2D eigenvalue weighted by Crippen LogP contribution is -1.92. The first kappa shape index (κ1) is 14.3. The molecular formula is C15H20O3. The minimum absolute atomic E-state index is 0.101. The fraction of sp³-hybridized carbons (Fsp3) is 0.400. The number of phenolic OH excluding ortho intramolecular Hbond substituents is 1. The highest BCUT2D eigenvalue weighted by atomic mass is 16.5. The molecule has 0 aromatic heterocycles. The molecule has 0 spiro atoms. The lowest BCUT2D eigenvalue weighted by Gasteiger charge is -2.03. The van der Waals surface area contributed by atoms with Crippen LogP contribution in [0.4, 0.5) is 0 Å². The predicted molar refractivity (Wildman–Crippen MR) is 72.8 cm³/mol. The second kappa shape index (κ2) is 7.54. The lowest BCUT2D eigenvalue weighted by molar-refractivity contribution is -0.114. The molecule has 0 radical (unpaired) electrons. The summed E-state index contributed by atoms with van der Waals surface area (Å²) >= 11 is 0. The molecular weight excluding hydrogens is 228 g/mol. The Bertz CT molecular complexity index is 422. The van der Waals surface area contributed by atoms with Gasteiger partial charge in [-0.25, -0.2) is 0 Å². The summed E-state index contributed by atoms with van der Waals surface area (Å²) in [5.74, 6) is 0.648. The van der Waals surface area contributed by atoms with Crippen LogP contribution in [-0.4, -0.2) is 18.0 Å². The number of rotatable bonds is 7. The second-order valence-electron chi connectivity index (χ2n) is 4.19. The Kier molecular flexibility index (Phi) is 5.98. The molecule has 1 aromatic rings. The first-order valence-corrected chi connectivity index (χ1v) is 6.25. The van der Waals surface area contributed by atoms with E-state index in [-0.39, 0.29) is 11.5 Å². The van der Waals surface area contributed by atoms with Gasteiger partial charge in [0.2, 0.25) is 0 Å². The summed E-state index contributed by atoms with van der Waals surface area (Å²) in [5, 5.41) is 9.44. The van der Waals surface area contributed by atoms with Gasteiger partial charge in [-0.15, -0.1) is 0 Å². The zero-order chi connectivity index (χ0) is 13.4. The van der Waals surface area contributed by atoms with E-state index < -0.39 is 0 Å². The Morgan fingerprint density at radius 3 is 2.83 bits per heavy atom. The molecule has 0 aliphatic heterocycles. The highest BCUT2D eigenvalue weighted by Crippen LogP contribution is 2.26. The third-order valence-electron chi connectivity index (χ3n) is 2.69. The molecule has 0 amide bonds. The van der Waals surface area contributed by atoms with Crippen LogP contribution in [0.3, 0.4) is 0 Å². The van der Waals surface area contributed by atoms with Crippen molar-refractivity contribution in [1.29, 1.82) is 0 Å². The van der Waals surface area contributed by atoms with Crippen LogP contribution in [0.5, 0.6) is 11.5 Å². The van der Waals surface area contributed by atoms with Crippen molar-refractivity contribution in [3.8, 4) is 11.5 Å². The fourth-order valence-corrected chi connectivity index (χ4v) is 1.62.